The topological polar surface area (TPSA) is 39.1 Å². The Hall–Kier alpha value is -0.870. The number of nitrogens with zero attached hydrogens (tertiary/aromatic N) is 2. The Morgan fingerprint density at radius 2 is 2.41 bits per heavy atom. The minimum absolute atomic E-state index is 0.399. The summed E-state index contributed by atoms with van der Waals surface area (Å²) >= 11 is 0. The third-order valence-electron chi connectivity index (χ3n) is 3.42. The van der Waals surface area contributed by atoms with Crippen LogP contribution in [0.3, 0.4) is 0 Å². The van der Waals surface area contributed by atoms with Crippen molar-refractivity contribution in [1.29, 1.82) is 0 Å². The second kappa shape index (κ2) is 5.65. The Labute approximate surface area is 103 Å². The predicted molar refractivity (Wildman–Crippen MR) is 68.1 cm³/mol. The summed E-state index contributed by atoms with van der Waals surface area (Å²) in [6, 6.07) is 2.55. The van der Waals surface area contributed by atoms with Gasteiger partial charge in [-0.3, -0.25) is 4.68 Å². The summed E-state index contributed by atoms with van der Waals surface area (Å²) in [6.07, 6.45) is 2.79. The molecule has 2 rings (SSSR count). The molecule has 0 amide bonds. The van der Waals surface area contributed by atoms with Gasteiger partial charge in [0, 0.05) is 24.9 Å². The molecular weight excluding hydrogens is 214 g/mol. The molecule has 2 heterocycles. The van der Waals surface area contributed by atoms with Crippen molar-refractivity contribution in [1.82, 2.24) is 15.1 Å². The van der Waals surface area contributed by atoms with Crippen LogP contribution in [0.25, 0.3) is 0 Å². The van der Waals surface area contributed by atoms with Crippen LogP contribution >= 0.6 is 0 Å². The average Bonchev–Trinajstić information content (AvgIpc) is 2.89. The quantitative estimate of drug-likeness (QED) is 0.846. The molecule has 1 fully saturated rings. The van der Waals surface area contributed by atoms with Crippen LogP contribution in [0.2, 0.25) is 0 Å². The van der Waals surface area contributed by atoms with Crippen molar-refractivity contribution >= 4 is 0 Å². The van der Waals surface area contributed by atoms with Gasteiger partial charge >= 0.3 is 0 Å². The standard InChI is InChI=1S/C13H23N3O/c1-10-9-11(2)16(15-10)7-6-14-12(3)13-5-4-8-17-13/h9,12-14H,4-8H2,1-3H3. The molecule has 96 valence electrons. The average molecular weight is 237 g/mol. The summed E-state index contributed by atoms with van der Waals surface area (Å²) in [4.78, 5) is 0. The number of rotatable bonds is 5. The van der Waals surface area contributed by atoms with Crippen LogP contribution < -0.4 is 5.32 Å². The summed E-state index contributed by atoms with van der Waals surface area (Å²) in [5.74, 6) is 0. The fourth-order valence-corrected chi connectivity index (χ4v) is 2.43. The Morgan fingerprint density at radius 1 is 1.59 bits per heavy atom. The van der Waals surface area contributed by atoms with Gasteiger partial charge in [-0.1, -0.05) is 0 Å². The van der Waals surface area contributed by atoms with Gasteiger partial charge in [0.1, 0.15) is 0 Å². The van der Waals surface area contributed by atoms with E-state index in [4.69, 9.17) is 4.74 Å². The monoisotopic (exact) mass is 237 g/mol. The fourth-order valence-electron chi connectivity index (χ4n) is 2.43. The minimum Gasteiger partial charge on any atom is -0.377 e. The van der Waals surface area contributed by atoms with E-state index in [9.17, 15) is 0 Å². The lowest BCUT2D eigenvalue weighted by atomic mass is 10.1. The van der Waals surface area contributed by atoms with E-state index in [1.807, 2.05) is 6.92 Å². The van der Waals surface area contributed by atoms with Crippen LogP contribution in [0.5, 0.6) is 0 Å². The number of hydrogen-bond donors (Lipinski definition) is 1. The van der Waals surface area contributed by atoms with Crippen LogP contribution in [0, 0.1) is 13.8 Å². The smallest absolute Gasteiger partial charge is 0.0726 e. The first-order chi connectivity index (χ1) is 8.16. The van der Waals surface area contributed by atoms with Gasteiger partial charge in [0.15, 0.2) is 0 Å². The highest BCUT2D eigenvalue weighted by Crippen LogP contribution is 2.15. The number of nitrogens with one attached hydrogen (secondary N) is 1. The molecule has 4 heteroatoms. The van der Waals surface area contributed by atoms with Crippen molar-refractivity contribution in [2.45, 2.75) is 52.3 Å². The molecule has 1 N–H and O–H groups in total. The maximum absolute atomic E-state index is 5.66. The molecule has 0 radical (unpaired) electrons. The molecule has 2 unspecified atom stereocenters. The molecular formula is C13H23N3O. The van der Waals surface area contributed by atoms with Crippen molar-refractivity contribution in [2.75, 3.05) is 13.2 Å². The van der Waals surface area contributed by atoms with Gasteiger partial charge in [0.25, 0.3) is 0 Å². The molecule has 0 aliphatic carbocycles. The highest BCUT2D eigenvalue weighted by Gasteiger charge is 2.21. The van der Waals surface area contributed by atoms with Crippen molar-refractivity contribution in [2.24, 2.45) is 0 Å². The summed E-state index contributed by atoms with van der Waals surface area (Å²) in [7, 11) is 0. The minimum atomic E-state index is 0.399. The van der Waals surface area contributed by atoms with Crippen molar-refractivity contribution in [3.05, 3.63) is 17.5 Å². The van der Waals surface area contributed by atoms with E-state index >= 15 is 0 Å². The van der Waals surface area contributed by atoms with Gasteiger partial charge in [-0.25, -0.2) is 0 Å². The zero-order valence-electron chi connectivity index (χ0n) is 11.1. The number of aromatic nitrogens is 2. The van der Waals surface area contributed by atoms with Crippen LogP contribution in [-0.4, -0.2) is 35.1 Å². The molecule has 0 aromatic carbocycles. The zero-order valence-corrected chi connectivity index (χ0v) is 11.1. The third-order valence-corrected chi connectivity index (χ3v) is 3.42. The first-order valence-corrected chi connectivity index (χ1v) is 6.53. The lowest BCUT2D eigenvalue weighted by Gasteiger charge is -2.20. The molecule has 1 aromatic rings. The maximum Gasteiger partial charge on any atom is 0.0726 e. The summed E-state index contributed by atoms with van der Waals surface area (Å²) in [5.41, 5.74) is 2.32. The van der Waals surface area contributed by atoms with Crippen LogP contribution in [0.4, 0.5) is 0 Å². The number of hydrogen-bond acceptors (Lipinski definition) is 3. The molecule has 0 spiro atoms. The number of aryl methyl sites for hydroxylation is 2. The van der Waals surface area contributed by atoms with Gasteiger partial charge in [-0.2, -0.15) is 5.10 Å². The Bertz CT molecular complexity index is 356. The summed E-state index contributed by atoms with van der Waals surface area (Å²) in [5, 5.41) is 7.97. The molecule has 4 nitrogen and oxygen atoms in total. The SMILES string of the molecule is Cc1cc(C)n(CCNC(C)C2CCCO2)n1. The first-order valence-electron chi connectivity index (χ1n) is 6.53. The predicted octanol–water partition coefficient (Wildman–Crippen LogP) is 1.66. The first kappa shape index (κ1) is 12.6. The second-order valence-electron chi connectivity index (χ2n) is 4.94. The molecule has 0 saturated carbocycles. The lowest BCUT2D eigenvalue weighted by molar-refractivity contribution is 0.0834. The van der Waals surface area contributed by atoms with Crippen molar-refractivity contribution in [3.63, 3.8) is 0 Å². The molecule has 1 saturated heterocycles. The summed E-state index contributed by atoms with van der Waals surface area (Å²) < 4.78 is 7.72. The van der Waals surface area contributed by atoms with E-state index in [1.165, 1.54) is 18.5 Å². The third kappa shape index (κ3) is 3.30. The molecule has 17 heavy (non-hydrogen) atoms. The van der Waals surface area contributed by atoms with Gasteiger partial charge in [0.05, 0.1) is 18.3 Å². The fraction of sp³-hybridized carbons (Fsp3) is 0.769. The van der Waals surface area contributed by atoms with Crippen LogP contribution in [0.1, 0.15) is 31.2 Å². The van der Waals surface area contributed by atoms with E-state index < -0.39 is 0 Å². The highest BCUT2D eigenvalue weighted by molar-refractivity contribution is 5.06. The van der Waals surface area contributed by atoms with E-state index in [2.05, 4.69) is 35.0 Å². The molecule has 1 aliphatic rings. The van der Waals surface area contributed by atoms with Crippen molar-refractivity contribution < 1.29 is 4.74 Å². The van der Waals surface area contributed by atoms with Crippen LogP contribution in [0.15, 0.2) is 6.07 Å². The largest absolute Gasteiger partial charge is 0.377 e. The van der Waals surface area contributed by atoms with E-state index in [0.29, 0.717) is 12.1 Å². The molecule has 2 atom stereocenters. The lowest BCUT2D eigenvalue weighted by Crippen LogP contribution is -2.38. The second-order valence-corrected chi connectivity index (χ2v) is 4.94. The molecule has 1 aliphatic heterocycles. The van der Waals surface area contributed by atoms with E-state index in [-0.39, 0.29) is 0 Å². The zero-order chi connectivity index (χ0) is 12.3. The van der Waals surface area contributed by atoms with Gasteiger partial charge in [-0.15, -0.1) is 0 Å². The van der Waals surface area contributed by atoms with Crippen molar-refractivity contribution in [3.8, 4) is 0 Å². The van der Waals surface area contributed by atoms with E-state index in [0.717, 1.165) is 25.4 Å². The van der Waals surface area contributed by atoms with E-state index in [1.54, 1.807) is 0 Å². The Balaban J connectivity index is 1.73. The molecule has 1 aromatic heterocycles. The van der Waals surface area contributed by atoms with Gasteiger partial charge in [0.2, 0.25) is 0 Å². The maximum atomic E-state index is 5.66. The normalized spacial score (nSPS) is 21.9. The van der Waals surface area contributed by atoms with Crippen LogP contribution in [-0.2, 0) is 11.3 Å². The Morgan fingerprint density at radius 3 is 3.00 bits per heavy atom. The van der Waals surface area contributed by atoms with Gasteiger partial charge < -0.3 is 10.1 Å². The number of ether oxygens (including phenoxy) is 1. The molecule has 0 bridgehead atoms. The highest BCUT2D eigenvalue weighted by atomic mass is 16.5. The van der Waals surface area contributed by atoms with Gasteiger partial charge in [-0.05, 0) is 39.7 Å². The summed E-state index contributed by atoms with van der Waals surface area (Å²) in [6.45, 7) is 9.14. The Kier molecular flexibility index (Phi) is 4.18.